The molecule has 45 heavy (non-hydrogen) atoms. The number of benzene rings is 3. The summed E-state index contributed by atoms with van der Waals surface area (Å²) < 4.78 is 28.8. The van der Waals surface area contributed by atoms with Crippen molar-refractivity contribution >= 4 is 46.7 Å². The van der Waals surface area contributed by atoms with Crippen LogP contribution in [0.5, 0.6) is 0 Å². The van der Waals surface area contributed by atoms with Gasteiger partial charge < -0.3 is 18.4 Å². The summed E-state index contributed by atoms with van der Waals surface area (Å²) >= 11 is 13.4. The quantitative estimate of drug-likeness (QED) is 0.158. The summed E-state index contributed by atoms with van der Waals surface area (Å²) in [7, 11) is 0. The molecule has 1 aliphatic heterocycles. The fourth-order valence-corrected chi connectivity index (χ4v) is 6.95. The fraction of sp³-hybridized carbons (Fsp3) is 0.382. The highest BCUT2D eigenvalue weighted by Crippen LogP contribution is 2.45. The number of hydrogen-bond acceptors (Lipinski definition) is 7. The van der Waals surface area contributed by atoms with Crippen LogP contribution in [0, 0.1) is 18.7 Å². The number of nitrogens with zero attached hydrogens (tertiary/aromatic N) is 4. The van der Waals surface area contributed by atoms with Crippen molar-refractivity contribution in [1.82, 2.24) is 15.1 Å². The normalized spacial score (nSPS) is 20.4. The summed E-state index contributed by atoms with van der Waals surface area (Å²) in [6.07, 6.45) is 3.82. The molecular formula is C34H35Cl2FN4O3S. The maximum Gasteiger partial charge on any atom is 0.253 e. The van der Waals surface area contributed by atoms with Gasteiger partial charge in [0, 0.05) is 22.2 Å². The Morgan fingerprint density at radius 2 is 1.64 bits per heavy atom. The van der Waals surface area contributed by atoms with Gasteiger partial charge in [0.2, 0.25) is 11.8 Å². The minimum Gasteiger partial charge on any atom is -0.425 e. The molecule has 3 aromatic carbocycles. The van der Waals surface area contributed by atoms with Crippen molar-refractivity contribution in [1.29, 1.82) is 0 Å². The molecule has 1 saturated heterocycles. The first-order valence-electron chi connectivity index (χ1n) is 15.2. The molecule has 7 nitrogen and oxygen atoms in total. The van der Waals surface area contributed by atoms with Crippen LogP contribution in [-0.4, -0.2) is 51.6 Å². The SMILES string of the molecule is Cc1nnc(CC2OCC(c3ccc(Cl)cc3)N(C(CN(SC3CC3)c3ccccc3F)C3CC3)C2=O)o1.Clc1ccccc1. The van der Waals surface area contributed by atoms with E-state index in [0.29, 0.717) is 46.8 Å². The second-order valence-electron chi connectivity index (χ2n) is 11.6. The predicted octanol–water partition coefficient (Wildman–Crippen LogP) is 8.12. The van der Waals surface area contributed by atoms with E-state index in [9.17, 15) is 9.18 Å². The number of carbonyl (C=O) groups excluding carboxylic acids is 1. The van der Waals surface area contributed by atoms with Gasteiger partial charge in [-0.05, 0) is 85.5 Å². The summed E-state index contributed by atoms with van der Waals surface area (Å²) in [4.78, 5) is 16.2. The average Bonchev–Trinajstić information content (AvgIpc) is 3.98. The lowest BCUT2D eigenvalue weighted by molar-refractivity contribution is -0.164. The van der Waals surface area contributed by atoms with Crippen molar-refractivity contribution in [3.63, 3.8) is 0 Å². The largest absolute Gasteiger partial charge is 0.425 e. The molecule has 2 saturated carbocycles. The number of rotatable bonds is 10. The molecule has 0 radical (unpaired) electrons. The number of halogens is 3. The van der Waals surface area contributed by atoms with E-state index in [2.05, 4.69) is 14.5 Å². The second kappa shape index (κ2) is 14.5. The minimum absolute atomic E-state index is 0.103. The van der Waals surface area contributed by atoms with Gasteiger partial charge in [0.15, 0.2) is 0 Å². The maximum atomic E-state index is 15.0. The number of para-hydroxylation sites is 1. The van der Waals surface area contributed by atoms with Gasteiger partial charge in [0.1, 0.15) is 11.9 Å². The van der Waals surface area contributed by atoms with Crippen LogP contribution >= 0.6 is 35.1 Å². The Bertz CT molecular complexity index is 1570. The molecule has 0 spiro atoms. The standard InChI is InChI=1S/C28H30ClFN4O3S.C6H5Cl/c1-17-31-32-27(37-17)14-26-28(35)34(25(16-36-26)19-8-10-20(29)11-9-19)24(18-6-7-18)15-33(38-21-12-13-21)23-5-3-2-4-22(23)30;7-6-4-2-1-3-5-6/h2-5,8-11,18,21,24-26H,6-7,12-16H2,1H3;1-5H. The lowest BCUT2D eigenvalue weighted by Gasteiger charge is -2.45. The molecule has 3 aliphatic rings. The van der Waals surface area contributed by atoms with E-state index in [1.807, 2.05) is 71.6 Å². The van der Waals surface area contributed by atoms with Gasteiger partial charge in [0.25, 0.3) is 5.91 Å². The number of aromatic nitrogens is 2. The van der Waals surface area contributed by atoms with Crippen LogP contribution in [0.1, 0.15) is 49.1 Å². The average molecular weight is 670 g/mol. The van der Waals surface area contributed by atoms with E-state index >= 15 is 0 Å². The van der Waals surface area contributed by atoms with E-state index in [0.717, 1.165) is 36.3 Å². The maximum absolute atomic E-state index is 15.0. The Hall–Kier alpha value is -3.11. The van der Waals surface area contributed by atoms with Crippen molar-refractivity contribution in [2.24, 2.45) is 5.92 Å². The molecule has 236 valence electrons. The van der Waals surface area contributed by atoms with Gasteiger partial charge >= 0.3 is 0 Å². The van der Waals surface area contributed by atoms with Gasteiger partial charge in [-0.2, -0.15) is 0 Å². The molecule has 2 aliphatic carbocycles. The number of aryl methyl sites for hydroxylation is 1. The molecule has 3 unspecified atom stereocenters. The first-order valence-corrected chi connectivity index (χ1v) is 16.8. The van der Waals surface area contributed by atoms with Crippen molar-refractivity contribution in [2.45, 2.75) is 62.5 Å². The van der Waals surface area contributed by atoms with Crippen LogP contribution < -0.4 is 4.31 Å². The first-order chi connectivity index (χ1) is 21.9. The molecule has 0 bridgehead atoms. The van der Waals surface area contributed by atoms with E-state index in [-0.39, 0.29) is 30.2 Å². The zero-order valence-corrected chi connectivity index (χ0v) is 27.2. The molecule has 11 heteroatoms. The summed E-state index contributed by atoms with van der Waals surface area (Å²) in [6.45, 7) is 2.60. The zero-order chi connectivity index (χ0) is 31.3. The minimum atomic E-state index is -0.724. The molecule has 0 N–H and O–H groups in total. The lowest BCUT2D eigenvalue weighted by atomic mass is 9.97. The number of anilines is 1. The zero-order valence-electron chi connectivity index (χ0n) is 24.9. The lowest BCUT2D eigenvalue weighted by Crippen LogP contribution is -2.57. The van der Waals surface area contributed by atoms with Gasteiger partial charge in [-0.25, -0.2) is 4.39 Å². The van der Waals surface area contributed by atoms with Crippen molar-refractivity contribution in [2.75, 3.05) is 17.5 Å². The monoisotopic (exact) mass is 668 g/mol. The van der Waals surface area contributed by atoms with Crippen LogP contribution in [0.2, 0.25) is 10.0 Å². The predicted molar refractivity (Wildman–Crippen MR) is 176 cm³/mol. The van der Waals surface area contributed by atoms with Crippen LogP contribution in [0.15, 0.2) is 83.3 Å². The first kappa shape index (κ1) is 31.9. The van der Waals surface area contributed by atoms with E-state index in [1.165, 1.54) is 6.07 Å². The molecule has 2 heterocycles. The van der Waals surface area contributed by atoms with Crippen LogP contribution in [0.25, 0.3) is 0 Å². The van der Waals surface area contributed by atoms with Crippen molar-refractivity contribution < 1.29 is 18.3 Å². The van der Waals surface area contributed by atoms with Gasteiger partial charge in [-0.1, -0.05) is 65.7 Å². The number of morpholine rings is 1. The number of carbonyl (C=O) groups is 1. The third-order valence-corrected chi connectivity index (χ3v) is 9.91. The molecule has 3 fully saturated rings. The highest BCUT2D eigenvalue weighted by atomic mass is 35.5. The molecule has 1 amide bonds. The smallest absolute Gasteiger partial charge is 0.253 e. The molecule has 7 rings (SSSR count). The molecular weight excluding hydrogens is 634 g/mol. The Morgan fingerprint density at radius 3 is 2.24 bits per heavy atom. The third-order valence-electron chi connectivity index (χ3n) is 8.03. The highest BCUT2D eigenvalue weighted by molar-refractivity contribution is 8.01. The van der Waals surface area contributed by atoms with Gasteiger partial charge in [-0.3, -0.25) is 4.79 Å². The Balaban J connectivity index is 0.000000452. The third kappa shape index (κ3) is 8.38. The molecule has 3 atom stereocenters. The number of ether oxygens (including phenoxy) is 1. The van der Waals surface area contributed by atoms with Gasteiger partial charge in [0.05, 0.1) is 37.3 Å². The van der Waals surface area contributed by atoms with Crippen LogP contribution in [0.4, 0.5) is 10.1 Å². The number of hydrogen-bond donors (Lipinski definition) is 0. The van der Waals surface area contributed by atoms with Crippen molar-refractivity contribution in [3.8, 4) is 0 Å². The van der Waals surface area contributed by atoms with E-state index in [1.54, 1.807) is 24.9 Å². The number of amides is 1. The summed E-state index contributed by atoms with van der Waals surface area (Å²) in [5, 5.41) is 9.89. The Kier molecular flexibility index (Phi) is 10.3. The van der Waals surface area contributed by atoms with Crippen LogP contribution in [-0.2, 0) is 16.0 Å². The van der Waals surface area contributed by atoms with E-state index in [4.69, 9.17) is 32.4 Å². The Morgan fingerprint density at radius 1 is 0.956 bits per heavy atom. The second-order valence-corrected chi connectivity index (χ2v) is 13.8. The highest BCUT2D eigenvalue weighted by Gasteiger charge is 2.47. The topological polar surface area (TPSA) is 71.7 Å². The van der Waals surface area contributed by atoms with Crippen molar-refractivity contribution in [3.05, 3.63) is 112 Å². The fourth-order valence-electron chi connectivity index (χ4n) is 5.48. The van der Waals surface area contributed by atoms with Crippen LogP contribution in [0.3, 0.4) is 0 Å². The summed E-state index contributed by atoms with van der Waals surface area (Å²) in [5.41, 5.74) is 1.53. The molecule has 1 aromatic heterocycles. The van der Waals surface area contributed by atoms with Gasteiger partial charge in [-0.15, -0.1) is 10.2 Å². The summed E-state index contributed by atoms with van der Waals surface area (Å²) in [6, 6.07) is 23.6. The molecule has 4 aromatic rings. The summed E-state index contributed by atoms with van der Waals surface area (Å²) in [5.74, 6) is 0.821. The Labute approximate surface area is 277 Å². The van der Waals surface area contributed by atoms with E-state index < -0.39 is 6.10 Å².